The maximum Gasteiger partial charge on any atom is 0.380 e. The van der Waals surface area contributed by atoms with Gasteiger partial charge in [0.15, 0.2) is 0 Å². The van der Waals surface area contributed by atoms with E-state index in [0.717, 1.165) is 11.3 Å². The van der Waals surface area contributed by atoms with E-state index in [0.29, 0.717) is 21.7 Å². The molecular weight excluding hydrogens is 500 g/mol. The summed E-state index contributed by atoms with van der Waals surface area (Å²) in [4.78, 5) is 0.698. The van der Waals surface area contributed by atoms with E-state index in [4.69, 9.17) is 4.74 Å². The number of methoxy groups -OCH3 is 1. The molecule has 2 nitrogen and oxygen atoms in total. The number of rotatable bonds is 4. The van der Waals surface area contributed by atoms with Crippen LogP contribution in [-0.2, 0) is 7.05 Å². The largest absolute Gasteiger partial charge is 0.497 e. The number of nitrogens with zero attached hydrogens (tertiary/aromatic N) is 1. The zero-order chi connectivity index (χ0) is 26.2. The van der Waals surface area contributed by atoms with E-state index in [2.05, 4.69) is 0 Å². The third-order valence-corrected chi connectivity index (χ3v) is 7.96. The van der Waals surface area contributed by atoms with Gasteiger partial charge in [0.05, 0.1) is 7.11 Å². The van der Waals surface area contributed by atoms with Gasteiger partial charge in [0, 0.05) is 50.1 Å². The summed E-state index contributed by atoms with van der Waals surface area (Å²) >= 11 is 1.07. The van der Waals surface area contributed by atoms with Crippen molar-refractivity contribution in [1.82, 2.24) is 4.57 Å². The second-order valence-electron chi connectivity index (χ2n) is 8.82. The molecule has 0 bridgehead atoms. The third kappa shape index (κ3) is 3.11. The Hall–Kier alpha value is -3.20. The molecule has 0 unspecified atom stereocenters. The van der Waals surface area contributed by atoms with E-state index in [-0.39, 0.29) is 27.1 Å². The van der Waals surface area contributed by atoms with Crippen molar-refractivity contribution in [2.45, 2.75) is 31.6 Å². The summed E-state index contributed by atoms with van der Waals surface area (Å²) in [6.07, 6.45) is 0. The number of aromatic nitrogens is 1. The van der Waals surface area contributed by atoms with Crippen molar-refractivity contribution in [3.05, 3.63) is 76.3 Å². The molecule has 5 rings (SSSR count). The first-order chi connectivity index (χ1) is 16.8. The van der Waals surface area contributed by atoms with Gasteiger partial charge in [-0.25, -0.2) is 0 Å². The van der Waals surface area contributed by atoms with Gasteiger partial charge >= 0.3 is 17.8 Å². The zero-order valence-electron chi connectivity index (χ0n) is 19.7. The van der Waals surface area contributed by atoms with Gasteiger partial charge in [0.25, 0.3) is 0 Å². The maximum absolute atomic E-state index is 15.5. The summed E-state index contributed by atoms with van der Waals surface area (Å²) in [6.45, 7) is 2.93. The lowest BCUT2D eigenvalue weighted by molar-refractivity contribution is -0.254. The fraction of sp³-hybridized carbons (Fsp3) is 0.259. The minimum absolute atomic E-state index is 0.192. The van der Waals surface area contributed by atoms with Gasteiger partial charge in [-0.05, 0) is 49.2 Å². The second-order valence-corrected chi connectivity index (χ2v) is 10.1. The average molecular weight is 522 g/mol. The third-order valence-electron chi connectivity index (χ3n) is 6.86. The van der Waals surface area contributed by atoms with Crippen LogP contribution in [0.15, 0.2) is 54.6 Å². The van der Waals surface area contributed by atoms with Crippen LogP contribution in [0, 0.1) is 13.8 Å². The molecule has 0 radical (unpaired) electrons. The molecule has 1 aliphatic rings. The molecule has 9 heteroatoms. The van der Waals surface area contributed by atoms with Crippen LogP contribution in [0.5, 0.6) is 5.75 Å². The topological polar surface area (TPSA) is 14.2 Å². The highest BCUT2D eigenvalue weighted by Crippen LogP contribution is 2.66. The maximum atomic E-state index is 15.5. The highest BCUT2D eigenvalue weighted by Gasteiger charge is 2.80. The number of allylic oxidation sites excluding steroid dienone is 2. The molecule has 0 fully saturated rings. The lowest BCUT2D eigenvalue weighted by atomic mass is 9.93. The number of hydrogen-bond acceptors (Lipinski definition) is 2. The Balaban J connectivity index is 1.86. The van der Waals surface area contributed by atoms with Crippen LogP contribution in [0.25, 0.3) is 32.5 Å². The predicted octanol–water partition coefficient (Wildman–Crippen LogP) is 8.36. The summed E-state index contributed by atoms with van der Waals surface area (Å²) in [6, 6.07) is 14.4. The Labute approximate surface area is 207 Å². The molecule has 36 heavy (non-hydrogen) atoms. The van der Waals surface area contributed by atoms with E-state index >= 15 is 17.6 Å². The standard InChI is InChI=1S/C27H21F6NOS/c1-14-22(18-10-5-6-11-20(18)34(14)3)24-23(25(28,29)27(32,33)26(24,30)31)19-13-21(36-15(19)2)16-8-7-9-17(12-16)35-4/h5-13H,1-4H3. The fourth-order valence-electron chi connectivity index (χ4n) is 4.90. The predicted molar refractivity (Wildman–Crippen MR) is 130 cm³/mol. The van der Waals surface area contributed by atoms with Crippen LogP contribution >= 0.6 is 11.3 Å². The van der Waals surface area contributed by atoms with Crippen LogP contribution in [0.3, 0.4) is 0 Å². The number of ether oxygens (including phenoxy) is 1. The summed E-state index contributed by atoms with van der Waals surface area (Å²) < 4.78 is 98.4. The Morgan fingerprint density at radius 2 is 1.50 bits per heavy atom. The number of para-hydroxylation sites is 1. The van der Waals surface area contributed by atoms with Gasteiger partial charge in [0.2, 0.25) is 0 Å². The Morgan fingerprint density at radius 3 is 2.19 bits per heavy atom. The number of thiophene rings is 1. The van der Waals surface area contributed by atoms with E-state index < -0.39 is 28.9 Å². The quantitative estimate of drug-likeness (QED) is 0.246. The monoisotopic (exact) mass is 521 g/mol. The summed E-state index contributed by atoms with van der Waals surface area (Å²) in [5.41, 5.74) is -2.01. The SMILES string of the molecule is COc1cccc(-c2cc(C3=C(c4c(C)n(C)c5ccccc45)C(F)(F)C(F)(F)C3(F)F)c(C)s2)c1. The molecule has 1 aliphatic carbocycles. The minimum Gasteiger partial charge on any atom is -0.497 e. The lowest BCUT2D eigenvalue weighted by Gasteiger charge is -2.25. The number of fused-ring (bicyclic) bond motifs is 1. The van der Waals surface area contributed by atoms with Gasteiger partial charge in [-0.2, -0.15) is 26.3 Å². The molecule has 0 amide bonds. The van der Waals surface area contributed by atoms with Gasteiger partial charge < -0.3 is 9.30 Å². The average Bonchev–Trinajstić information content (AvgIpc) is 3.37. The van der Waals surface area contributed by atoms with Gasteiger partial charge in [-0.1, -0.05) is 30.3 Å². The summed E-state index contributed by atoms with van der Waals surface area (Å²) in [5, 5.41) is 0.207. The van der Waals surface area contributed by atoms with E-state index in [9.17, 15) is 8.78 Å². The molecule has 2 aromatic heterocycles. The number of benzene rings is 2. The fourth-order valence-corrected chi connectivity index (χ4v) is 5.92. The zero-order valence-corrected chi connectivity index (χ0v) is 20.5. The van der Waals surface area contributed by atoms with Crippen LogP contribution < -0.4 is 4.74 Å². The smallest absolute Gasteiger partial charge is 0.380 e. The van der Waals surface area contributed by atoms with Crippen molar-refractivity contribution < 1.29 is 31.1 Å². The molecule has 2 heterocycles. The van der Waals surface area contributed by atoms with Crippen LogP contribution in [0.1, 0.15) is 21.7 Å². The summed E-state index contributed by atoms with van der Waals surface area (Å²) in [5.74, 6) is -15.3. The highest BCUT2D eigenvalue weighted by atomic mass is 32.1. The molecule has 0 saturated heterocycles. The molecule has 4 aromatic rings. The van der Waals surface area contributed by atoms with Crippen LogP contribution in [0.2, 0.25) is 0 Å². The molecule has 0 aliphatic heterocycles. The molecule has 188 valence electrons. The molecule has 0 spiro atoms. The van der Waals surface area contributed by atoms with Crippen molar-refractivity contribution in [2.75, 3.05) is 7.11 Å². The molecule has 0 N–H and O–H groups in total. The molecular formula is C27H21F6NOS. The van der Waals surface area contributed by atoms with Crippen LogP contribution in [0.4, 0.5) is 26.3 Å². The summed E-state index contributed by atoms with van der Waals surface area (Å²) in [7, 11) is 3.05. The van der Waals surface area contributed by atoms with Gasteiger partial charge in [0.1, 0.15) is 5.75 Å². The number of alkyl halides is 6. The van der Waals surface area contributed by atoms with E-state index in [1.165, 1.54) is 33.1 Å². The van der Waals surface area contributed by atoms with E-state index in [1.54, 1.807) is 54.1 Å². The molecule has 2 aromatic carbocycles. The second kappa shape index (κ2) is 7.90. The lowest BCUT2D eigenvalue weighted by Crippen LogP contribution is -2.48. The van der Waals surface area contributed by atoms with Gasteiger partial charge in [-0.15, -0.1) is 11.3 Å². The number of hydrogen-bond donors (Lipinski definition) is 0. The van der Waals surface area contributed by atoms with Crippen molar-refractivity contribution in [1.29, 1.82) is 0 Å². The van der Waals surface area contributed by atoms with E-state index in [1.807, 2.05) is 0 Å². The van der Waals surface area contributed by atoms with Crippen molar-refractivity contribution in [3.63, 3.8) is 0 Å². The minimum atomic E-state index is -5.61. The normalized spacial score (nSPS) is 18.3. The number of halogens is 6. The first kappa shape index (κ1) is 24.5. The van der Waals surface area contributed by atoms with Crippen molar-refractivity contribution in [3.8, 4) is 16.2 Å². The first-order valence-corrected chi connectivity index (χ1v) is 11.8. The van der Waals surface area contributed by atoms with Crippen molar-refractivity contribution in [2.24, 2.45) is 7.05 Å². The van der Waals surface area contributed by atoms with Crippen LogP contribution in [-0.4, -0.2) is 29.4 Å². The van der Waals surface area contributed by atoms with Crippen molar-refractivity contribution >= 4 is 33.4 Å². The molecule has 0 saturated carbocycles. The van der Waals surface area contributed by atoms with Gasteiger partial charge in [-0.3, -0.25) is 0 Å². The molecule has 0 atom stereocenters. The Bertz CT molecular complexity index is 1550. The number of aryl methyl sites for hydroxylation is 2. The Morgan fingerprint density at radius 1 is 0.833 bits per heavy atom. The first-order valence-electron chi connectivity index (χ1n) is 11.0. The Kier molecular flexibility index (Phi) is 5.37. The highest BCUT2D eigenvalue weighted by molar-refractivity contribution is 7.15.